The maximum Gasteiger partial charge on any atom is 0.323 e. The zero-order valence-electron chi connectivity index (χ0n) is 44.5. The lowest BCUT2D eigenvalue weighted by atomic mass is 10.0. The van der Waals surface area contributed by atoms with Crippen LogP contribution in [0.2, 0.25) is 0 Å². The van der Waals surface area contributed by atoms with Gasteiger partial charge >= 0.3 is 6.03 Å². The van der Waals surface area contributed by atoms with Gasteiger partial charge in [-0.25, -0.2) is 55.3 Å². The van der Waals surface area contributed by atoms with E-state index in [1.807, 2.05) is 0 Å². The average Bonchev–Trinajstić information content (AvgIpc) is 0.959. The Labute approximate surface area is 499 Å². The molecule has 0 aliphatic heterocycles. The SMILES string of the molecule is CCc1ccc(C(=O)Nc2ccc(S(=O)(=O)[O-])c3cc(S(=O)(=O)[O-])cc(S(=O)(=O)[O-])c23)cc1NC(=O)c1cccc(NC(=O)Nc2cccc(C(=O)Nc3cc(C(=O)Nc4ccc(S(=O)(=O)[O-])c5cc(S(=O)(=O)[O-])cc(S(=O)(=O)[O-])c45)ccc3CC)c2)c1. The van der Waals surface area contributed by atoms with E-state index in [0.29, 0.717) is 35.4 Å². The van der Waals surface area contributed by atoms with E-state index in [0.717, 1.165) is 12.1 Å². The predicted octanol–water partition coefficient (Wildman–Crippen LogP) is 5.20. The summed E-state index contributed by atoms with van der Waals surface area (Å²) in [5, 5.41) is 11.2. The summed E-state index contributed by atoms with van der Waals surface area (Å²) in [5.74, 6) is -3.68. The first-order valence-corrected chi connectivity index (χ1v) is 33.1. The second-order valence-corrected chi connectivity index (χ2v) is 26.8. The molecule has 0 fully saturated rings. The van der Waals surface area contributed by atoms with E-state index in [4.69, 9.17) is 0 Å². The van der Waals surface area contributed by atoms with E-state index in [1.165, 1.54) is 84.9 Å². The molecule has 0 aromatic heterocycles. The predicted molar refractivity (Wildman–Crippen MR) is 305 cm³/mol. The Hall–Kier alpha value is -9.11. The molecule has 88 heavy (non-hydrogen) atoms. The van der Waals surface area contributed by atoms with Gasteiger partial charge in [-0.3, -0.25) is 19.2 Å². The van der Waals surface area contributed by atoms with Gasteiger partial charge in [0.05, 0.1) is 40.7 Å². The van der Waals surface area contributed by atoms with Crippen LogP contribution >= 0.6 is 0 Å². The molecule has 8 aromatic rings. The first kappa shape index (κ1) is 64.9. The lowest BCUT2D eigenvalue weighted by Gasteiger charge is -2.21. The molecule has 0 spiro atoms. The van der Waals surface area contributed by atoms with Gasteiger partial charge in [0.1, 0.15) is 60.7 Å². The van der Waals surface area contributed by atoms with Crippen molar-refractivity contribution in [1.82, 2.24) is 0 Å². The number of rotatable bonds is 18. The standard InChI is InChI=1S/C53H44N6O23S6/c1-3-27-11-13-31(51(62)56-39-15-17-43(85(71,72)73)37-23-35(83(65,66)67)25-45(47(37)39)87(77,78)79)21-41(27)58-49(60)29-7-5-9-33(19-29)54-53(64)55-34-10-6-8-30(20-34)50(61)59-42-22-32(14-12-28(42)4-2)52(63)57-40-16-18-44(86(74,75)76)38-24-36(84(68,69)70)26-46(48(38)40)88(80,81)82/h5-26H,3-4H2,1-2H3,(H,56,62)(H,57,63)(H,58,60)(H,59,61)(H2,54,55,64)(H,65,66,67)(H,68,69,70)(H,71,72,73)(H,74,75,76)(H,77,78,79)(H,80,81,82)/p-6. The molecule has 0 radical (unpaired) electrons. The summed E-state index contributed by atoms with van der Waals surface area (Å²) in [4.78, 5) is 60.1. The van der Waals surface area contributed by atoms with Crippen molar-refractivity contribution < 1.29 is 102 Å². The molecule has 8 aromatic carbocycles. The van der Waals surface area contributed by atoms with Gasteiger partial charge in [0, 0.05) is 66.5 Å². The molecule has 0 unspecified atom stereocenters. The van der Waals surface area contributed by atoms with Gasteiger partial charge < -0.3 is 59.2 Å². The number of nitrogens with one attached hydrogen (secondary N) is 6. The summed E-state index contributed by atoms with van der Waals surface area (Å²) in [6, 6.07) is 21.6. The normalized spacial score (nSPS) is 12.3. The number of carbonyl (C=O) groups excluding carboxylic acids is 5. The highest BCUT2D eigenvalue weighted by atomic mass is 32.2. The zero-order valence-corrected chi connectivity index (χ0v) is 49.4. The third kappa shape index (κ3) is 14.5. The molecule has 0 heterocycles. The highest BCUT2D eigenvalue weighted by Gasteiger charge is 2.25. The number of anilines is 6. The Morgan fingerprint density at radius 1 is 0.330 bits per heavy atom. The molecule has 0 bridgehead atoms. The Bertz CT molecular complexity index is 4750. The molecule has 35 heteroatoms. The van der Waals surface area contributed by atoms with Crippen molar-refractivity contribution in [1.29, 1.82) is 0 Å². The highest BCUT2D eigenvalue weighted by molar-refractivity contribution is 7.87. The van der Waals surface area contributed by atoms with Crippen LogP contribution in [-0.2, 0) is 73.6 Å². The second-order valence-electron chi connectivity index (χ2n) is 18.6. The van der Waals surface area contributed by atoms with Gasteiger partial charge in [-0.15, -0.1) is 0 Å². The lowest BCUT2D eigenvalue weighted by molar-refractivity contribution is 0.101. The molecular formula is C53H38N6O23S6-6. The minimum atomic E-state index is -5.75. The van der Waals surface area contributed by atoms with Crippen LogP contribution in [0.5, 0.6) is 0 Å². The monoisotopic (exact) mass is 1320 g/mol. The van der Waals surface area contributed by atoms with E-state index >= 15 is 0 Å². The van der Waals surface area contributed by atoms with Crippen LogP contribution < -0.4 is 31.9 Å². The summed E-state index contributed by atoms with van der Waals surface area (Å²) in [6.07, 6.45) is 0.552. The number of hydrogen-bond donors (Lipinski definition) is 6. The lowest BCUT2D eigenvalue weighted by Crippen LogP contribution is -2.21. The maximum absolute atomic E-state index is 13.7. The molecule has 0 aliphatic rings. The van der Waals surface area contributed by atoms with Crippen LogP contribution in [0.4, 0.5) is 38.9 Å². The smallest absolute Gasteiger partial charge is 0.323 e. The molecule has 0 saturated heterocycles. The highest BCUT2D eigenvalue weighted by Crippen LogP contribution is 2.39. The van der Waals surface area contributed by atoms with E-state index < -0.39 is 153 Å². The number of benzene rings is 8. The van der Waals surface area contributed by atoms with Gasteiger partial charge in [0.25, 0.3) is 23.6 Å². The largest absolute Gasteiger partial charge is 0.744 e. The summed E-state index contributed by atoms with van der Waals surface area (Å²) in [5.41, 5.74) is -0.540. The van der Waals surface area contributed by atoms with Crippen LogP contribution in [0.15, 0.2) is 163 Å². The van der Waals surface area contributed by atoms with Crippen LogP contribution in [-0.4, -0.2) is 107 Å². The Balaban J connectivity index is 0.964. The third-order valence-corrected chi connectivity index (χ3v) is 18.1. The fourth-order valence-electron chi connectivity index (χ4n) is 8.95. The Morgan fingerprint density at radius 3 is 0.955 bits per heavy atom. The first-order chi connectivity index (χ1) is 40.8. The van der Waals surface area contributed by atoms with Gasteiger partial charge in [-0.05, 0) is 133 Å². The number of fused-ring (bicyclic) bond motifs is 2. The molecule has 8 rings (SSSR count). The van der Waals surface area contributed by atoms with Crippen molar-refractivity contribution in [2.45, 2.75) is 56.1 Å². The topological polar surface area (TPSA) is 501 Å². The first-order valence-electron chi connectivity index (χ1n) is 24.6. The van der Waals surface area contributed by atoms with Crippen molar-refractivity contribution in [3.8, 4) is 0 Å². The molecule has 0 aliphatic carbocycles. The zero-order chi connectivity index (χ0) is 64.8. The number of amides is 6. The molecule has 0 saturated carbocycles. The van der Waals surface area contributed by atoms with Gasteiger partial charge in [-0.1, -0.05) is 38.1 Å². The van der Waals surface area contributed by atoms with Crippen LogP contribution in [0.25, 0.3) is 21.5 Å². The summed E-state index contributed by atoms with van der Waals surface area (Å²) >= 11 is 0. The van der Waals surface area contributed by atoms with Crippen molar-refractivity contribution in [3.63, 3.8) is 0 Å². The number of carbonyl (C=O) groups is 5. The molecule has 29 nitrogen and oxygen atoms in total. The van der Waals surface area contributed by atoms with Crippen molar-refractivity contribution in [2.75, 3.05) is 31.9 Å². The molecule has 6 N–H and O–H groups in total. The Kier molecular flexibility index (Phi) is 17.9. The minimum absolute atomic E-state index is 0.0358. The van der Waals surface area contributed by atoms with Gasteiger partial charge in [0.2, 0.25) is 0 Å². The number of hydrogen-bond acceptors (Lipinski definition) is 23. The average molecular weight is 1320 g/mol. The van der Waals surface area contributed by atoms with E-state index in [1.54, 1.807) is 13.8 Å². The van der Waals surface area contributed by atoms with Crippen LogP contribution in [0, 0.1) is 0 Å². The van der Waals surface area contributed by atoms with Crippen LogP contribution in [0.3, 0.4) is 0 Å². The van der Waals surface area contributed by atoms with Gasteiger partial charge in [-0.2, -0.15) is 0 Å². The molecular weight excluding hydrogens is 1280 g/mol. The maximum atomic E-state index is 13.7. The van der Waals surface area contributed by atoms with Crippen molar-refractivity contribution in [2.24, 2.45) is 0 Å². The van der Waals surface area contributed by atoms with Crippen LogP contribution in [0.1, 0.15) is 66.4 Å². The van der Waals surface area contributed by atoms with Gasteiger partial charge in [0.15, 0.2) is 0 Å². The quantitative estimate of drug-likeness (QED) is 0.0601. The fourth-order valence-corrected chi connectivity index (χ4v) is 13.0. The van der Waals surface area contributed by atoms with Crippen molar-refractivity contribution >= 4 is 146 Å². The summed E-state index contributed by atoms with van der Waals surface area (Å²) in [6.45, 7) is 3.41. The fraction of sp³-hybridized carbons (Fsp3) is 0.0755. The molecule has 0 atom stereocenters. The molecule has 6 amide bonds. The molecule has 460 valence electrons. The minimum Gasteiger partial charge on any atom is -0.744 e. The summed E-state index contributed by atoms with van der Waals surface area (Å²) < 4.78 is 219. The summed E-state index contributed by atoms with van der Waals surface area (Å²) in [7, 11) is -33.7. The van der Waals surface area contributed by atoms with E-state index in [-0.39, 0.29) is 70.0 Å². The van der Waals surface area contributed by atoms with E-state index in [9.17, 15) is 102 Å². The second kappa shape index (κ2) is 24.2. The van der Waals surface area contributed by atoms with Crippen molar-refractivity contribution in [3.05, 3.63) is 167 Å². The number of urea groups is 1. The number of aryl methyl sites for hydroxylation is 2. The Morgan fingerprint density at radius 2 is 0.648 bits per heavy atom. The van der Waals surface area contributed by atoms with E-state index in [2.05, 4.69) is 31.9 Å². The third-order valence-electron chi connectivity index (χ3n) is 12.9.